The first-order chi connectivity index (χ1) is 7.31. The van der Waals surface area contributed by atoms with E-state index in [0.717, 1.165) is 16.5 Å². The average Bonchev–Trinajstić information content (AvgIpc) is 2.29. The van der Waals surface area contributed by atoms with Crippen LogP contribution in [0.2, 0.25) is 0 Å². The van der Waals surface area contributed by atoms with E-state index >= 15 is 0 Å². The van der Waals surface area contributed by atoms with Crippen LogP contribution in [0.15, 0.2) is 36.5 Å². The molecule has 2 aromatic rings. The zero-order valence-electron chi connectivity index (χ0n) is 8.43. The maximum absolute atomic E-state index is 8.92. The molecule has 1 aromatic carbocycles. The van der Waals surface area contributed by atoms with Crippen molar-refractivity contribution < 1.29 is 5.11 Å². The lowest BCUT2D eigenvalue weighted by Crippen LogP contribution is -2.27. The number of pyridine rings is 1. The number of nitrogens with zero attached hydrogens (tertiary/aromatic N) is 1. The van der Waals surface area contributed by atoms with Crippen LogP contribution < -0.4 is 5.73 Å². The van der Waals surface area contributed by atoms with Gasteiger partial charge in [0.1, 0.15) is 0 Å². The van der Waals surface area contributed by atoms with E-state index in [2.05, 4.69) is 4.98 Å². The van der Waals surface area contributed by atoms with Gasteiger partial charge in [-0.15, -0.1) is 0 Å². The van der Waals surface area contributed by atoms with Crippen LogP contribution in [0.1, 0.15) is 5.69 Å². The minimum atomic E-state index is -0.233. The standard InChI is InChI=1S/C12H14N2O/c13-10(8-15)7-12-11-4-2-1-3-9(11)5-6-14-12/h1-6,10,15H,7-8,13H2/t10-/m1/s1. The highest BCUT2D eigenvalue weighted by Gasteiger charge is 2.06. The quantitative estimate of drug-likeness (QED) is 0.783. The summed E-state index contributed by atoms with van der Waals surface area (Å²) < 4.78 is 0. The summed E-state index contributed by atoms with van der Waals surface area (Å²) >= 11 is 0. The molecule has 0 aliphatic carbocycles. The number of benzene rings is 1. The molecule has 0 saturated heterocycles. The number of aromatic nitrogens is 1. The van der Waals surface area contributed by atoms with E-state index in [-0.39, 0.29) is 12.6 Å². The van der Waals surface area contributed by atoms with E-state index in [4.69, 9.17) is 10.8 Å². The molecule has 0 aliphatic rings. The molecule has 78 valence electrons. The minimum Gasteiger partial charge on any atom is -0.395 e. The lowest BCUT2D eigenvalue weighted by molar-refractivity contribution is 0.265. The first-order valence-electron chi connectivity index (χ1n) is 5.00. The van der Waals surface area contributed by atoms with Gasteiger partial charge >= 0.3 is 0 Å². The van der Waals surface area contributed by atoms with Crippen molar-refractivity contribution in [3.63, 3.8) is 0 Å². The number of aliphatic hydroxyl groups is 1. The van der Waals surface area contributed by atoms with Crippen molar-refractivity contribution in [3.8, 4) is 0 Å². The highest BCUT2D eigenvalue weighted by atomic mass is 16.3. The maximum atomic E-state index is 8.92. The largest absolute Gasteiger partial charge is 0.395 e. The maximum Gasteiger partial charge on any atom is 0.0586 e. The van der Waals surface area contributed by atoms with Gasteiger partial charge in [0.05, 0.1) is 6.61 Å². The third-order valence-electron chi connectivity index (χ3n) is 2.45. The third-order valence-corrected chi connectivity index (χ3v) is 2.45. The van der Waals surface area contributed by atoms with Gasteiger partial charge in [0, 0.05) is 29.7 Å². The van der Waals surface area contributed by atoms with Crippen LogP contribution in [-0.4, -0.2) is 22.7 Å². The van der Waals surface area contributed by atoms with E-state index in [1.807, 2.05) is 30.3 Å². The van der Waals surface area contributed by atoms with Gasteiger partial charge in [-0.3, -0.25) is 4.98 Å². The molecule has 0 unspecified atom stereocenters. The first-order valence-corrected chi connectivity index (χ1v) is 5.00. The highest BCUT2D eigenvalue weighted by molar-refractivity contribution is 5.84. The molecule has 0 amide bonds. The number of nitrogens with two attached hydrogens (primary N) is 1. The predicted octanol–water partition coefficient (Wildman–Crippen LogP) is 1.10. The summed E-state index contributed by atoms with van der Waals surface area (Å²) in [5, 5.41) is 11.2. The Morgan fingerprint density at radius 2 is 2.07 bits per heavy atom. The molecule has 0 fully saturated rings. The lowest BCUT2D eigenvalue weighted by atomic mass is 10.1. The van der Waals surface area contributed by atoms with Gasteiger partial charge in [-0.25, -0.2) is 0 Å². The highest BCUT2D eigenvalue weighted by Crippen LogP contribution is 2.16. The van der Waals surface area contributed by atoms with Crippen LogP contribution in [0.4, 0.5) is 0 Å². The molecule has 2 rings (SSSR count). The van der Waals surface area contributed by atoms with E-state index < -0.39 is 0 Å². The Hall–Kier alpha value is -1.45. The van der Waals surface area contributed by atoms with Gasteiger partial charge in [0.2, 0.25) is 0 Å². The van der Waals surface area contributed by atoms with E-state index in [0.29, 0.717) is 6.42 Å². The van der Waals surface area contributed by atoms with Crippen LogP contribution in [0.5, 0.6) is 0 Å². The summed E-state index contributed by atoms with van der Waals surface area (Å²) in [6.45, 7) is -0.00903. The summed E-state index contributed by atoms with van der Waals surface area (Å²) in [4.78, 5) is 4.30. The molecule has 3 heteroatoms. The molecule has 0 radical (unpaired) electrons. The zero-order chi connectivity index (χ0) is 10.7. The second-order valence-electron chi connectivity index (χ2n) is 3.63. The van der Waals surface area contributed by atoms with Gasteiger partial charge in [-0.2, -0.15) is 0 Å². The van der Waals surface area contributed by atoms with Crippen LogP contribution in [0.3, 0.4) is 0 Å². The lowest BCUT2D eigenvalue weighted by Gasteiger charge is -2.09. The summed E-state index contributed by atoms with van der Waals surface area (Å²) in [5.74, 6) is 0. The predicted molar refractivity (Wildman–Crippen MR) is 60.5 cm³/mol. The summed E-state index contributed by atoms with van der Waals surface area (Å²) in [6.07, 6.45) is 2.39. The minimum absolute atomic E-state index is 0.00903. The summed E-state index contributed by atoms with van der Waals surface area (Å²) in [7, 11) is 0. The van der Waals surface area contributed by atoms with E-state index in [1.54, 1.807) is 6.20 Å². The zero-order valence-corrected chi connectivity index (χ0v) is 8.43. The van der Waals surface area contributed by atoms with Crippen molar-refractivity contribution >= 4 is 10.8 Å². The molecular formula is C12H14N2O. The van der Waals surface area contributed by atoms with Crippen molar-refractivity contribution in [3.05, 3.63) is 42.2 Å². The summed E-state index contributed by atoms with van der Waals surface area (Å²) in [5.41, 5.74) is 6.66. The van der Waals surface area contributed by atoms with Gasteiger partial charge in [0.15, 0.2) is 0 Å². The molecule has 0 spiro atoms. The molecule has 1 aromatic heterocycles. The SMILES string of the molecule is N[C@@H](CO)Cc1nccc2ccccc12. The Labute approximate surface area is 88.6 Å². The van der Waals surface area contributed by atoms with Crippen LogP contribution in [0.25, 0.3) is 10.8 Å². The number of rotatable bonds is 3. The van der Waals surface area contributed by atoms with Gasteiger partial charge < -0.3 is 10.8 Å². The van der Waals surface area contributed by atoms with Crippen molar-refractivity contribution in [2.45, 2.75) is 12.5 Å². The Morgan fingerprint density at radius 3 is 2.87 bits per heavy atom. The topological polar surface area (TPSA) is 59.1 Å². The Morgan fingerprint density at radius 1 is 1.27 bits per heavy atom. The van der Waals surface area contributed by atoms with Crippen molar-refractivity contribution in [1.29, 1.82) is 0 Å². The smallest absolute Gasteiger partial charge is 0.0586 e. The number of hydrogen-bond donors (Lipinski definition) is 2. The number of fused-ring (bicyclic) bond motifs is 1. The van der Waals surface area contributed by atoms with Crippen molar-refractivity contribution in [1.82, 2.24) is 4.98 Å². The molecule has 15 heavy (non-hydrogen) atoms. The van der Waals surface area contributed by atoms with Gasteiger partial charge in [0.25, 0.3) is 0 Å². The van der Waals surface area contributed by atoms with E-state index in [9.17, 15) is 0 Å². The molecule has 0 aliphatic heterocycles. The van der Waals surface area contributed by atoms with Gasteiger partial charge in [-0.05, 0) is 11.5 Å². The number of aliphatic hydroxyl groups excluding tert-OH is 1. The second kappa shape index (κ2) is 4.38. The fourth-order valence-electron chi connectivity index (χ4n) is 1.66. The van der Waals surface area contributed by atoms with Crippen molar-refractivity contribution in [2.75, 3.05) is 6.61 Å². The van der Waals surface area contributed by atoms with Crippen LogP contribution >= 0.6 is 0 Å². The fraction of sp³-hybridized carbons (Fsp3) is 0.250. The molecule has 0 bridgehead atoms. The van der Waals surface area contributed by atoms with Crippen LogP contribution in [-0.2, 0) is 6.42 Å². The Balaban J connectivity index is 2.42. The number of hydrogen-bond acceptors (Lipinski definition) is 3. The average molecular weight is 202 g/mol. The van der Waals surface area contributed by atoms with Crippen molar-refractivity contribution in [2.24, 2.45) is 5.73 Å². The molecule has 1 heterocycles. The molecule has 3 nitrogen and oxygen atoms in total. The Kier molecular flexibility index (Phi) is 2.94. The molecule has 3 N–H and O–H groups in total. The molecule has 0 saturated carbocycles. The Bertz CT molecular complexity index is 451. The summed E-state index contributed by atoms with van der Waals surface area (Å²) in [6, 6.07) is 9.80. The third kappa shape index (κ3) is 2.14. The molecule has 1 atom stereocenters. The monoisotopic (exact) mass is 202 g/mol. The first kappa shape index (κ1) is 10.1. The van der Waals surface area contributed by atoms with Gasteiger partial charge in [-0.1, -0.05) is 24.3 Å². The fourth-order valence-corrected chi connectivity index (χ4v) is 1.66. The second-order valence-corrected chi connectivity index (χ2v) is 3.63. The normalized spacial score (nSPS) is 12.9. The van der Waals surface area contributed by atoms with Crippen LogP contribution in [0, 0.1) is 0 Å². The van der Waals surface area contributed by atoms with E-state index in [1.165, 1.54) is 0 Å². The molecular weight excluding hydrogens is 188 g/mol.